The number of ketones is 1. The third-order valence-corrected chi connectivity index (χ3v) is 17.2. The molecule has 1 amide bonds. The zero-order chi connectivity index (χ0) is 42.1. The summed E-state index contributed by atoms with van der Waals surface area (Å²) in [6.07, 6.45) is 9.50. The molecule has 0 saturated heterocycles. The Hall–Kier alpha value is -2.75. The van der Waals surface area contributed by atoms with Crippen LogP contribution in [-0.2, 0) is 33.4 Å². The highest BCUT2D eigenvalue weighted by atomic mass is 16.5. The van der Waals surface area contributed by atoms with Crippen LogP contribution in [0.1, 0.15) is 153 Å². The second-order valence-electron chi connectivity index (χ2n) is 21.8. The number of hydrogen-bond donors (Lipinski definition) is 2. The van der Waals surface area contributed by atoms with Crippen molar-refractivity contribution in [1.82, 2.24) is 10.2 Å². The van der Waals surface area contributed by atoms with Gasteiger partial charge < -0.3 is 19.9 Å². The maximum absolute atomic E-state index is 14.4. The van der Waals surface area contributed by atoms with Crippen molar-refractivity contribution in [1.29, 1.82) is 0 Å². The Morgan fingerprint density at radius 3 is 2.18 bits per heavy atom. The minimum Gasteiger partial charge on any atom is -0.481 e. The van der Waals surface area contributed by atoms with Crippen molar-refractivity contribution in [2.45, 2.75) is 165 Å². The molecule has 6 aliphatic carbocycles. The number of carboxylic acid groups (broad SMARTS) is 1. The molecule has 0 spiro atoms. The van der Waals surface area contributed by atoms with Crippen LogP contribution >= 0.6 is 0 Å². The predicted molar refractivity (Wildman–Crippen MR) is 219 cm³/mol. The van der Waals surface area contributed by atoms with Gasteiger partial charge in [-0.05, 0) is 135 Å². The lowest BCUT2D eigenvalue weighted by atomic mass is 9.33. The number of esters is 2. The van der Waals surface area contributed by atoms with E-state index in [4.69, 9.17) is 9.47 Å². The second kappa shape index (κ2) is 15.4. The van der Waals surface area contributed by atoms with Gasteiger partial charge in [-0.2, -0.15) is 0 Å². The zero-order valence-corrected chi connectivity index (χ0v) is 37.1. The van der Waals surface area contributed by atoms with Gasteiger partial charge in [-0.3, -0.25) is 28.9 Å². The maximum atomic E-state index is 14.4. The molecule has 57 heavy (non-hydrogen) atoms. The maximum Gasteiger partial charge on any atom is 0.309 e. The van der Waals surface area contributed by atoms with E-state index in [1.165, 1.54) is 32.3 Å². The van der Waals surface area contributed by atoms with Crippen molar-refractivity contribution in [3.8, 4) is 0 Å². The van der Waals surface area contributed by atoms with Crippen LogP contribution < -0.4 is 5.32 Å². The van der Waals surface area contributed by atoms with Gasteiger partial charge in [0, 0.05) is 57.3 Å². The summed E-state index contributed by atoms with van der Waals surface area (Å²) in [5.41, 5.74) is 0.238. The quantitative estimate of drug-likeness (QED) is 0.167. The number of aliphatic carboxylic acids is 1. The van der Waals surface area contributed by atoms with E-state index in [0.29, 0.717) is 43.8 Å². The van der Waals surface area contributed by atoms with Crippen molar-refractivity contribution in [2.24, 2.45) is 62.1 Å². The summed E-state index contributed by atoms with van der Waals surface area (Å²) >= 11 is 0. The lowest BCUT2D eigenvalue weighted by Gasteiger charge is -2.72. The summed E-state index contributed by atoms with van der Waals surface area (Å²) in [5.74, 6) is 0.0963. The van der Waals surface area contributed by atoms with Crippen LogP contribution in [0, 0.1) is 62.1 Å². The topological polar surface area (TPSA) is 139 Å². The third kappa shape index (κ3) is 7.65. The number of nitrogens with zero attached hydrogens (tertiary/aromatic N) is 1. The van der Waals surface area contributed by atoms with E-state index in [0.717, 1.165) is 63.5 Å². The van der Waals surface area contributed by atoms with Crippen LogP contribution in [0.25, 0.3) is 0 Å². The Kier molecular flexibility index (Phi) is 11.8. The lowest BCUT2D eigenvalue weighted by Crippen LogP contribution is -2.66. The van der Waals surface area contributed by atoms with Crippen molar-refractivity contribution in [3.05, 3.63) is 11.1 Å². The first-order chi connectivity index (χ1) is 26.4. The van der Waals surface area contributed by atoms with E-state index in [9.17, 15) is 29.1 Å². The SMILES string of the molecule is CC(=O)NCCN(CC1CC1)C[C@H](OC(C)=O)[C@@]12CC[C@]3(C)[C@H](CC[C@@H]4[C@@]5(C)CC[C@@H](OC(=O)CC(C)(C)C(=O)O)C(C)(C)[C@@H]5CC[C@]43C)C1=C(C(C)C)C(=O)C2. The standard InChI is InChI=1S/C47H74N2O8/c1-28(2)39-33(52)24-47(37(56-30(4)51)27-49(26-31-12-13-31)23-22-48-29(3)50)21-20-45(10)32(40(39)47)14-15-35-44(9)18-17-36(57-38(53)25-42(5,6)41(54)55)43(7,8)34(44)16-19-46(35,45)11/h28,31-32,34-37H,12-27H2,1-11H3,(H,48,50)(H,54,55)/t32-,34+,35-,36-,37+,44+,45-,46-,47+/m1/s1. The fraction of sp³-hybridized carbons (Fsp3) is 0.851. The van der Waals surface area contributed by atoms with Gasteiger partial charge in [0.1, 0.15) is 12.2 Å². The number of fused-ring (bicyclic) bond motifs is 7. The van der Waals surface area contributed by atoms with E-state index in [-0.39, 0.29) is 63.7 Å². The molecular formula is C47H74N2O8. The summed E-state index contributed by atoms with van der Waals surface area (Å²) in [5, 5.41) is 12.6. The van der Waals surface area contributed by atoms with Crippen molar-refractivity contribution in [3.63, 3.8) is 0 Å². The summed E-state index contributed by atoms with van der Waals surface area (Å²) in [6.45, 7) is 25.3. The number of allylic oxidation sites excluding steroid dienone is 1. The number of carbonyl (C=O) groups excluding carboxylic acids is 4. The number of carbonyl (C=O) groups is 5. The molecule has 0 radical (unpaired) electrons. The lowest BCUT2D eigenvalue weighted by molar-refractivity contribution is -0.235. The number of hydrogen-bond acceptors (Lipinski definition) is 8. The van der Waals surface area contributed by atoms with Crippen LogP contribution in [-0.4, -0.2) is 78.0 Å². The molecule has 0 bridgehead atoms. The molecule has 0 aromatic rings. The molecule has 6 rings (SSSR count). The van der Waals surface area contributed by atoms with Gasteiger partial charge in [0.05, 0.1) is 11.8 Å². The highest BCUT2D eigenvalue weighted by Gasteiger charge is 2.71. The van der Waals surface area contributed by atoms with Gasteiger partial charge in [-0.25, -0.2) is 0 Å². The summed E-state index contributed by atoms with van der Waals surface area (Å²) < 4.78 is 12.6. The molecular weight excluding hydrogens is 721 g/mol. The fourth-order valence-corrected chi connectivity index (χ4v) is 14.0. The van der Waals surface area contributed by atoms with Gasteiger partial charge in [0.15, 0.2) is 5.78 Å². The number of nitrogens with one attached hydrogen (secondary N) is 1. The van der Waals surface area contributed by atoms with Crippen LogP contribution in [0.5, 0.6) is 0 Å². The van der Waals surface area contributed by atoms with Gasteiger partial charge in [-0.1, -0.05) is 48.5 Å². The van der Waals surface area contributed by atoms with E-state index in [2.05, 4.69) is 58.7 Å². The Balaban J connectivity index is 1.31. The van der Waals surface area contributed by atoms with E-state index >= 15 is 0 Å². The molecule has 0 aromatic carbocycles. The van der Waals surface area contributed by atoms with E-state index in [1.807, 2.05) is 0 Å². The second-order valence-corrected chi connectivity index (χ2v) is 21.8. The van der Waals surface area contributed by atoms with Crippen molar-refractivity contribution < 1.29 is 38.6 Å². The largest absolute Gasteiger partial charge is 0.481 e. The molecule has 0 aromatic heterocycles. The molecule has 0 aliphatic heterocycles. The molecule has 2 N–H and O–H groups in total. The molecule has 10 nitrogen and oxygen atoms in total. The van der Waals surface area contributed by atoms with Crippen LogP contribution in [0.15, 0.2) is 11.1 Å². The fourth-order valence-electron chi connectivity index (χ4n) is 14.0. The van der Waals surface area contributed by atoms with E-state index in [1.54, 1.807) is 13.8 Å². The number of Topliss-reactive ketones (excluding diaryl/α,β-unsaturated/α-hetero) is 1. The number of ether oxygens (including phenoxy) is 2. The third-order valence-electron chi connectivity index (χ3n) is 17.2. The summed E-state index contributed by atoms with van der Waals surface area (Å²) in [7, 11) is 0. The first-order valence-corrected chi connectivity index (χ1v) is 22.3. The van der Waals surface area contributed by atoms with Gasteiger partial charge in [0.25, 0.3) is 0 Å². The predicted octanol–water partition coefficient (Wildman–Crippen LogP) is 8.16. The summed E-state index contributed by atoms with van der Waals surface area (Å²) in [6, 6.07) is 0. The molecule has 0 heterocycles. The average Bonchev–Trinajstić information content (AvgIpc) is 3.84. The van der Waals surface area contributed by atoms with Crippen LogP contribution in [0.3, 0.4) is 0 Å². The zero-order valence-electron chi connectivity index (χ0n) is 37.1. The Bertz CT molecular complexity index is 1660. The highest BCUT2D eigenvalue weighted by Crippen LogP contribution is 2.77. The molecule has 0 unspecified atom stereocenters. The number of amides is 1. The Morgan fingerprint density at radius 1 is 0.895 bits per heavy atom. The number of rotatable bonds is 14. The minimum atomic E-state index is -1.18. The van der Waals surface area contributed by atoms with Crippen molar-refractivity contribution >= 4 is 29.6 Å². The molecule has 10 heteroatoms. The molecule has 9 atom stereocenters. The normalized spacial score (nSPS) is 36.5. The smallest absolute Gasteiger partial charge is 0.309 e. The minimum absolute atomic E-state index is 0.00640. The van der Waals surface area contributed by atoms with Gasteiger partial charge in [0.2, 0.25) is 5.91 Å². The first kappa shape index (κ1) is 43.8. The molecule has 5 saturated carbocycles. The Labute approximate surface area is 342 Å². The van der Waals surface area contributed by atoms with Crippen molar-refractivity contribution in [2.75, 3.05) is 26.2 Å². The first-order valence-electron chi connectivity index (χ1n) is 22.3. The molecule has 5 fully saturated rings. The number of carboxylic acids is 1. The highest BCUT2D eigenvalue weighted by molar-refractivity contribution is 6.01. The van der Waals surface area contributed by atoms with Gasteiger partial charge in [-0.15, -0.1) is 0 Å². The monoisotopic (exact) mass is 795 g/mol. The average molecular weight is 795 g/mol. The molecule has 6 aliphatic rings. The van der Waals surface area contributed by atoms with Crippen LogP contribution in [0.2, 0.25) is 0 Å². The van der Waals surface area contributed by atoms with Crippen LogP contribution in [0.4, 0.5) is 0 Å². The summed E-state index contributed by atoms with van der Waals surface area (Å²) in [4.78, 5) is 66.6. The van der Waals surface area contributed by atoms with E-state index < -0.39 is 28.9 Å². The molecule has 320 valence electrons. The van der Waals surface area contributed by atoms with Gasteiger partial charge >= 0.3 is 17.9 Å². The Morgan fingerprint density at radius 2 is 1.58 bits per heavy atom.